The lowest BCUT2D eigenvalue weighted by Crippen LogP contribution is -1.85. The Labute approximate surface area is 616 Å². The van der Waals surface area contributed by atoms with Crippen molar-refractivity contribution in [2.75, 3.05) is 0 Å². The molecule has 0 spiro atoms. The Morgan fingerprint density at radius 1 is 0.163 bits per heavy atom. The Kier molecular flexibility index (Phi) is 24.0. The van der Waals surface area contributed by atoms with E-state index in [0.29, 0.717) is 0 Å². The van der Waals surface area contributed by atoms with Crippen molar-refractivity contribution in [3.05, 3.63) is 392 Å². The molecule has 0 saturated carbocycles. The first-order valence-corrected chi connectivity index (χ1v) is 36.3. The van der Waals surface area contributed by atoms with Crippen molar-refractivity contribution in [1.82, 2.24) is 0 Å². The van der Waals surface area contributed by atoms with E-state index < -0.39 is 0 Å². The Balaban J connectivity index is 0.000000119. The van der Waals surface area contributed by atoms with E-state index in [1.54, 1.807) is 0 Å². The third-order valence-electron chi connectivity index (χ3n) is 19.5. The minimum absolute atomic E-state index is 0.973. The van der Waals surface area contributed by atoms with Crippen molar-refractivity contribution in [2.24, 2.45) is 0 Å². The number of rotatable bonds is 1. The lowest BCUT2D eigenvalue weighted by molar-refractivity contribution is 0.665. The molecule has 0 saturated heterocycles. The van der Waals surface area contributed by atoms with Crippen LogP contribution in [-0.4, -0.2) is 0 Å². The van der Waals surface area contributed by atoms with Gasteiger partial charge in [-0.3, -0.25) is 0 Å². The normalized spacial score (nSPS) is 10.7. The quantitative estimate of drug-likeness (QED) is 0.164. The molecular weight excluding hydrogens is 1260 g/mol. The summed E-state index contributed by atoms with van der Waals surface area (Å²) in [6, 6.07) is 107. The number of aryl methyl sites for hydroxylation is 16. The maximum atomic E-state index is 5.86. The monoisotopic (exact) mass is 1350 g/mol. The highest BCUT2D eigenvalue weighted by Gasteiger charge is 2.12. The van der Waals surface area contributed by atoms with Crippen molar-refractivity contribution in [3.63, 3.8) is 0 Å². The number of hydrogen-bond donors (Lipinski definition) is 0. The Hall–Kier alpha value is -11.6. The van der Waals surface area contributed by atoms with Gasteiger partial charge in [-0.1, -0.05) is 318 Å². The Morgan fingerprint density at radius 2 is 0.529 bits per heavy atom. The fourth-order valence-corrected chi connectivity index (χ4v) is 13.8. The van der Waals surface area contributed by atoms with Crippen molar-refractivity contribution in [2.45, 2.75) is 111 Å². The van der Waals surface area contributed by atoms with E-state index in [1.807, 2.05) is 24.3 Å². The van der Waals surface area contributed by atoms with Crippen LogP contribution in [0.2, 0.25) is 0 Å². The molecule has 2 heteroatoms. The van der Waals surface area contributed by atoms with Gasteiger partial charge in [0, 0.05) is 21.5 Å². The molecule has 0 radical (unpaired) electrons. The van der Waals surface area contributed by atoms with E-state index >= 15 is 0 Å². The highest BCUT2D eigenvalue weighted by Crippen LogP contribution is 2.35. The summed E-state index contributed by atoms with van der Waals surface area (Å²) in [7, 11) is 0. The van der Waals surface area contributed by atoms with Crippen molar-refractivity contribution in [1.29, 1.82) is 0 Å². The van der Waals surface area contributed by atoms with Gasteiger partial charge in [0.05, 0.1) is 0 Å². The molecule has 0 N–H and O–H groups in total. The third-order valence-corrected chi connectivity index (χ3v) is 19.5. The van der Waals surface area contributed by atoms with Crippen LogP contribution < -0.4 is 0 Å². The summed E-state index contributed by atoms with van der Waals surface area (Å²) in [5, 5.41) is 18.4. The molecule has 0 aliphatic heterocycles. The van der Waals surface area contributed by atoms with E-state index in [9.17, 15) is 0 Å². The summed E-state index contributed by atoms with van der Waals surface area (Å²) < 4.78 is 11.7. The fourth-order valence-electron chi connectivity index (χ4n) is 13.8. The standard InChI is InChI=1S/2C14H12O.C14H14.5C12H12/c1-9-7-10(2)14-12(8-9)11-5-3-4-6-13(11)15-14;1-9-7-8-10(2)14-13(9)11-5-3-4-6-12(11)15-14;1-11-7-3-5-9-13(11)14-10-6-4-8-12(14)2;1-9-3-5-12-8-10(2)4-6-11(12)7-9;1-9-3-5-11-6-4-10(2)8-12(11)7-9;1-9-5-3-8-12-10(2)6-4-7-11(9)12;1-9-6-7-12-10(2)4-3-5-11(12)8-9;1-9-6-7-11-5-3-4-10(2)12(11)8-9/h2*3-8H,1-2H3;3-10H,1-2H3;5*3-8H,1-2H3. The first-order valence-electron chi connectivity index (χ1n) is 36.3. The molecule has 0 bridgehead atoms. The molecule has 104 heavy (non-hydrogen) atoms. The summed E-state index contributed by atoms with van der Waals surface area (Å²) in [6.07, 6.45) is 0. The third kappa shape index (κ3) is 18.2. The fraction of sp³-hybridized carbons (Fsp3) is 0.157. The summed E-state index contributed by atoms with van der Waals surface area (Å²) in [4.78, 5) is 0. The number of para-hydroxylation sites is 2. The van der Waals surface area contributed by atoms with E-state index in [2.05, 4.69) is 390 Å². The molecule has 0 fully saturated rings. The molecule has 0 aliphatic rings. The highest BCUT2D eigenvalue weighted by molar-refractivity contribution is 6.08. The maximum absolute atomic E-state index is 5.86. The summed E-state index contributed by atoms with van der Waals surface area (Å²) in [6.45, 7) is 34.1. The lowest BCUT2D eigenvalue weighted by atomic mass is 9.97. The molecule has 0 unspecified atom stereocenters. The molecule has 16 aromatic carbocycles. The van der Waals surface area contributed by atoms with Crippen LogP contribution >= 0.6 is 0 Å². The van der Waals surface area contributed by atoms with Crippen LogP contribution in [0.25, 0.3) is 109 Å². The molecule has 0 aliphatic carbocycles. The molecule has 2 aromatic heterocycles. The van der Waals surface area contributed by atoms with E-state index in [1.165, 1.54) is 176 Å². The summed E-state index contributed by atoms with van der Waals surface area (Å²) in [5.41, 5.74) is 27.7. The minimum Gasteiger partial charge on any atom is -0.456 e. The van der Waals surface area contributed by atoms with Crippen LogP contribution in [0.3, 0.4) is 0 Å². The zero-order valence-electron chi connectivity index (χ0n) is 63.7. The van der Waals surface area contributed by atoms with Gasteiger partial charge in [0.25, 0.3) is 0 Å². The lowest BCUT2D eigenvalue weighted by Gasteiger charge is -2.08. The maximum Gasteiger partial charge on any atom is 0.138 e. The number of furan rings is 2. The SMILES string of the molecule is Cc1cc(C)c2oc3ccccc3c2c1.Cc1ccc(C)c2c1oc1ccccc12.Cc1ccc2c(C)cccc2c1.Cc1ccc2cc(C)ccc2c1.Cc1ccc2ccc(C)cc2c1.Cc1ccc2cccc(C)c2c1.Cc1cccc2c(C)cccc12.Cc1ccccc1-c1ccccc1C. The number of fused-ring (bicyclic) bond motifs is 11. The largest absolute Gasteiger partial charge is 0.456 e. The van der Waals surface area contributed by atoms with Gasteiger partial charge in [0.1, 0.15) is 22.3 Å². The Bertz CT molecular complexity index is 5810. The first-order chi connectivity index (χ1) is 50.2. The van der Waals surface area contributed by atoms with Crippen molar-refractivity contribution < 1.29 is 8.83 Å². The smallest absolute Gasteiger partial charge is 0.138 e. The average Bonchev–Trinajstić information content (AvgIpc) is 1.63. The van der Waals surface area contributed by atoms with E-state index in [-0.39, 0.29) is 0 Å². The summed E-state index contributed by atoms with van der Waals surface area (Å²) in [5.74, 6) is 0. The molecular formula is C102H98O2. The molecule has 0 atom stereocenters. The van der Waals surface area contributed by atoms with Gasteiger partial charge in [-0.15, -0.1) is 0 Å². The molecule has 18 rings (SSSR count). The first kappa shape index (κ1) is 73.6. The number of hydrogen-bond acceptors (Lipinski definition) is 2. The van der Waals surface area contributed by atoms with Crippen LogP contribution in [-0.2, 0) is 0 Å². The van der Waals surface area contributed by atoms with Gasteiger partial charge in [-0.25, -0.2) is 0 Å². The predicted octanol–water partition coefficient (Wildman–Crippen LogP) is 29.7. The van der Waals surface area contributed by atoms with E-state index in [0.717, 1.165) is 22.3 Å². The predicted molar refractivity (Wildman–Crippen MR) is 455 cm³/mol. The van der Waals surface area contributed by atoms with Crippen molar-refractivity contribution in [3.8, 4) is 11.1 Å². The van der Waals surface area contributed by atoms with Gasteiger partial charge in [0.15, 0.2) is 0 Å². The van der Waals surface area contributed by atoms with Gasteiger partial charge in [-0.05, 0) is 250 Å². The molecule has 2 heterocycles. The van der Waals surface area contributed by atoms with Gasteiger partial charge in [-0.2, -0.15) is 0 Å². The van der Waals surface area contributed by atoms with E-state index in [4.69, 9.17) is 8.83 Å². The second-order valence-corrected chi connectivity index (χ2v) is 28.2. The highest BCUT2D eigenvalue weighted by atomic mass is 16.3. The Morgan fingerprint density at radius 3 is 1.08 bits per heavy atom. The molecule has 518 valence electrons. The summed E-state index contributed by atoms with van der Waals surface area (Å²) >= 11 is 0. The molecule has 0 amide bonds. The van der Waals surface area contributed by atoms with Gasteiger partial charge in [0.2, 0.25) is 0 Å². The second-order valence-electron chi connectivity index (χ2n) is 28.2. The average molecular weight is 1360 g/mol. The molecule has 18 aromatic rings. The number of benzene rings is 16. The zero-order valence-corrected chi connectivity index (χ0v) is 63.7. The van der Waals surface area contributed by atoms with Crippen LogP contribution in [0, 0.1) is 111 Å². The van der Waals surface area contributed by atoms with Crippen molar-refractivity contribution >= 4 is 97.7 Å². The second kappa shape index (κ2) is 33.9. The topological polar surface area (TPSA) is 26.3 Å². The zero-order chi connectivity index (χ0) is 73.6. The van der Waals surface area contributed by atoms with Crippen LogP contribution in [0.1, 0.15) is 89.0 Å². The van der Waals surface area contributed by atoms with Gasteiger partial charge >= 0.3 is 0 Å². The molecule has 2 nitrogen and oxygen atoms in total. The van der Waals surface area contributed by atoms with Crippen LogP contribution in [0.5, 0.6) is 0 Å². The van der Waals surface area contributed by atoms with Crippen LogP contribution in [0.4, 0.5) is 0 Å². The van der Waals surface area contributed by atoms with Crippen LogP contribution in [0.15, 0.2) is 312 Å². The minimum atomic E-state index is 0.973. The van der Waals surface area contributed by atoms with Gasteiger partial charge < -0.3 is 8.83 Å².